The molecule has 0 radical (unpaired) electrons. The summed E-state index contributed by atoms with van der Waals surface area (Å²) in [6.45, 7) is 15.9. The van der Waals surface area contributed by atoms with Crippen LogP contribution in [0.4, 0.5) is 56.9 Å². The van der Waals surface area contributed by atoms with Crippen molar-refractivity contribution >= 4 is 236 Å². The SMILES string of the molecule is CCOC(=O)/C(C)=N/Nc1ccc(N)cc1Br.CCOC(=O)/C(C)=N/Nc1ccc([N+](=O)[O-])cc1Br.CCOC(=O)C1=Cc2cc(N)cc(Br)c2C1.CCOC(=O)C1=Cc2cc(NC(C)=O)cc(Br)c2C1.COC(=O)/C(C)=N/Nc1ccc(NC(C)=O)cc1Br.Cl.NNc1ccc([N+](=O)[O-])cc1Br. The molecule has 12 N–H and O–H groups in total. The Labute approximate surface area is 649 Å². The fraction of sp³-hybridized carbons (Fsp3) is 0.242. The van der Waals surface area contributed by atoms with Crippen LogP contribution in [0.15, 0.2) is 150 Å². The molecule has 0 bridgehead atoms. The molecule has 0 fully saturated rings. The monoisotopic (exact) mass is 1830 g/mol. The molecule has 552 valence electrons. The van der Waals surface area contributed by atoms with E-state index in [2.05, 4.69) is 148 Å². The summed E-state index contributed by atoms with van der Waals surface area (Å²) in [5.41, 5.74) is 33.1. The summed E-state index contributed by atoms with van der Waals surface area (Å²) in [4.78, 5) is 98.9. The number of hydrazine groups is 1. The van der Waals surface area contributed by atoms with Gasteiger partial charge in [-0.25, -0.2) is 24.0 Å². The number of hydrogen-bond acceptors (Lipinski definition) is 26. The second-order valence-corrected chi connectivity index (χ2v) is 25.5. The molecule has 0 aromatic heterocycles. The number of anilines is 8. The first kappa shape index (κ1) is 89.9. The van der Waals surface area contributed by atoms with Gasteiger partial charge >= 0.3 is 29.8 Å². The minimum absolute atomic E-state index is 0. The van der Waals surface area contributed by atoms with Crippen molar-refractivity contribution < 1.29 is 67.1 Å². The van der Waals surface area contributed by atoms with Gasteiger partial charge in [-0.1, -0.05) is 31.9 Å². The highest BCUT2D eigenvalue weighted by Crippen LogP contribution is 2.36. The Kier molecular flexibility index (Phi) is 39.9. The minimum Gasteiger partial charge on any atom is -0.464 e. The van der Waals surface area contributed by atoms with E-state index in [0.717, 1.165) is 41.4 Å². The molecule has 2 aliphatic rings. The van der Waals surface area contributed by atoms with Gasteiger partial charge in [0, 0.05) is 112 Å². The lowest BCUT2D eigenvalue weighted by Crippen LogP contribution is -2.15. The molecule has 0 atom stereocenters. The normalized spacial score (nSPS) is 11.4. The van der Waals surface area contributed by atoms with Crippen LogP contribution < -0.4 is 49.6 Å². The van der Waals surface area contributed by atoms with Gasteiger partial charge in [0.15, 0.2) is 0 Å². The van der Waals surface area contributed by atoms with Crippen LogP contribution in [0.25, 0.3) is 12.2 Å². The van der Waals surface area contributed by atoms with Crippen molar-refractivity contribution in [3.05, 3.63) is 178 Å². The van der Waals surface area contributed by atoms with E-state index in [4.69, 9.17) is 36.3 Å². The molecule has 0 spiro atoms. The first-order valence-corrected chi connectivity index (χ1v) is 34.7. The second-order valence-electron chi connectivity index (χ2n) is 20.4. The Hall–Kier alpha value is -9.17. The first-order valence-electron chi connectivity index (χ1n) is 29.9. The van der Waals surface area contributed by atoms with Crippen LogP contribution in [0.5, 0.6) is 0 Å². The average molecular weight is 1830 g/mol. The lowest BCUT2D eigenvalue weighted by Gasteiger charge is -2.07. The predicted octanol–water partition coefficient (Wildman–Crippen LogP) is 15.0. The maximum Gasteiger partial charge on any atom is 0.354 e. The quantitative estimate of drug-likeness (QED) is 0.00652. The van der Waals surface area contributed by atoms with Crippen LogP contribution in [-0.4, -0.2) is 102 Å². The number of hydrogen-bond donors (Lipinski definition) is 9. The Morgan fingerprint density at radius 3 is 1.21 bits per heavy atom. The molecule has 6 aromatic rings. The van der Waals surface area contributed by atoms with E-state index < -0.39 is 27.8 Å². The number of benzene rings is 6. The van der Waals surface area contributed by atoms with Gasteiger partial charge in [-0.3, -0.25) is 51.9 Å². The minimum atomic E-state index is -0.520. The van der Waals surface area contributed by atoms with Crippen molar-refractivity contribution in [1.29, 1.82) is 0 Å². The summed E-state index contributed by atoms with van der Waals surface area (Å²) in [5, 5.41) is 37.9. The number of amides is 2. The Morgan fingerprint density at radius 2 is 0.825 bits per heavy atom. The van der Waals surface area contributed by atoms with Gasteiger partial charge < -0.3 is 51.2 Å². The highest BCUT2D eigenvalue weighted by Gasteiger charge is 2.24. The predicted molar refractivity (Wildman–Crippen MR) is 423 cm³/mol. The summed E-state index contributed by atoms with van der Waals surface area (Å²) >= 11 is 19.9. The van der Waals surface area contributed by atoms with E-state index >= 15 is 0 Å². The highest BCUT2D eigenvalue weighted by molar-refractivity contribution is 9.11. The number of fused-ring (bicyclic) bond motifs is 2. The number of carbonyl (C=O) groups excluding carboxylic acids is 7. The number of nitrogens with one attached hydrogen (secondary N) is 6. The number of carbonyl (C=O) groups is 7. The largest absolute Gasteiger partial charge is 0.464 e. The van der Waals surface area contributed by atoms with Gasteiger partial charge in [0.05, 0.1) is 66.1 Å². The second kappa shape index (κ2) is 45.7. The van der Waals surface area contributed by atoms with Crippen molar-refractivity contribution in [2.24, 2.45) is 21.1 Å². The number of ether oxygens (including phenoxy) is 5. The average Bonchev–Trinajstić information content (AvgIpc) is 1.67. The number of nitrogen functional groups attached to an aromatic ring is 3. The molecule has 0 saturated carbocycles. The van der Waals surface area contributed by atoms with Gasteiger partial charge in [-0.05, 0) is 219 Å². The number of esters is 5. The van der Waals surface area contributed by atoms with E-state index in [1.165, 1.54) is 64.3 Å². The van der Waals surface area contributed by atoms with Crippen LogP contribution in [0.2, 0.25) is 0 Å². The molecule has 0 aliphatic heterocycles. The molecule has 0 saturated heterocycles. The number of nitro groups is 2. The van der Waals surface area contributed by atoms with Crippen LogP contribution in [-0.2, 0) is 70.1 Å². The molecule has 6 aromatic carbocycles. The number of nitrogens with zero attached hydrogens (tertiary/aromatic N) is 5. The summed E-state index contributed by atoms with van der Waals surface area (Å²) < 4.78 is 28.4. The molecule has 103 heavy (non-hydrogen) atoms. The molecule has 0 heterocycles. The number of nitrogens with two attached hydrogens (primary N) is 3. The zero-order valence-corrected chi connectivity index (χ0v) is 67.1. The van der Waals surface area contributed by atoms with Gasteiger partial charge in [0.1, 0.15) is 17.1 Å². The van der Waals surface area contributed by atoms with Crippen LogP contribution in [0, 0.1) is 20.2 Å². The van der Waals surface area contributed by atoms with E-state index in [1.54, 1.807) is 77.9 Å². The van der Waals surface area contributed by atoms with E-state index in [0.29, 0.717) is 97.0 Å². The third-order valence-electron chi connectivity index (χ3n) is 12.7. The lowest BCUT2D eigenvalue weighted by atomic mass is 10.1. The number of nitro benzene ring substituents is 2. The van der Waals surface area contributed by atoms with Gasteiger partial charge in [-0.15, -0.1) is 12.4 Å². The van der Waals surface area contributed by atoms with Gasteiger partial charge in [0.2, 0.25) is 11.8 Å². The van der Waals surface area contributed by atoms with E-state index in [9.17, 15) is 53.8 Å². The number of rotatable bonds is 20. The standard InChI is InChI=1S/C14H14BrNO3.C12H14BrN3O3.C12H12BrNO2.C11H12BrN3O4.C11H14BrN3O2.C6H6BrN3O2.ClH/c1-3-19-14(18)10-4-9-5-11(16-8(2)17)7-13(15)12(9)6-10;1-7(12(18)19-3)15-16-11-5-4-9(6-10(11)13)14-8(2)17;1-2-16-12(15)8-3-7-4-9(14)6-11(13)10(7)5-8;1-3-19-11(16)7(2)13-14-10-5-4-8(15(17)18)6-9(10)12;1-3-17-11(16)7(2)14-15-10-5-4-8(13)6-9(10)12;7-5-3-4(10(11)12)1-2-6(5)9-8;/h4-5,7H,3,6H2,1-2H3,(H,16,17);4-6,16H,1-3H3,(H,14,17);3-4,6H,2,5,14H2,1H3;4-6,14H,3H2,1-2H3;4-6,15H,3,13H2,1-2H3;1-3,9H,8H2;1H/b;15-7+;;13-7+;14-7+;;. The first-order chi connectivity index (χ1) is 48.2. The third kappa shape index (κ3) is 30.7. The Balaban J connectivity index is 0.000000421. The van der Waals surface area contributed by atoms with Crippen molar-refractivity contribution in [2.45, 2.75) is 75.2 Å². The molecule has 8 rings (SSSR count). The third-order valence-corrected chi connectivity index (χ3v) is 16.7. The van der Waals surface area contributed by atoms with Crippen LogP contribution in [0.1, 0.15) is 84.6 Å². The summed E-state index contributed by atoms with van der Waals surface area (Å²) in [6, 6.07) is 26.3. The number of hydrazone groups is 3. The van der Waals surface area contributed by atoms with Crippen molar-refractivity contribution in [3.63, 3.8) is 0 Å². The maximum absolute atomic E-state index is 11.7. The van der Waals surface area contributed by atoms with Crippen LogP contribution in [0.3, 0.4) is 0 Å². The number of methoxy groups -OCH3 is 1. The van der Waals surface area contributed by atoms with Crippen molar-refractivity contribution in [1.82, 2.24) is 0 Å². The molecule has 30 nitrogen and oxygen atoms in total. The molecule has 0 unspecified atom stereocenters. The fourth-order valence-electron chi connectivity index (χ4n) is 7.95. The number of non-ortho nitro benzene ring substituents is 2. The molecular weight excluding hydrogens is 1760 g/mol. The topological polar surface area (TPSA) is 439 Å². The van der Waals surface area contributed by atoms with Gasteiger partial charge in [-0.2, -0.15) is 15.3 Å². The maximum atomic E-state index is 11.7. The fourth-order valence-corrected chi connectivity index (χ4v) is 11.1. The summed E-state index contributed by atoms with van der Waals surface area (Å²) in [6.07, 6.45) is 4.81. The number of halogens is 7. The molecule has 37 heteroatoms. The molecule has 2 aliphatic carbocycles. The molecular formula is C66H73Br6ClN14O16. The summed E-state index contributed by atoms with van der Waals surface area (Å²) in [7, 11) is 1.29. The lowest BCUT2D eigenvalue weighted by molar-refractivity contribution is -0.385. The van der Waals surface area contributed by atoms with Crippen molar-refractivity contribution in [3.8, 4) is 0 Å². The summed E-state index contributed by atoms with van der Waals surface area (Å²) in [5.74, 6) is 2.86. The Morgan fingerprint density at radius 1 is 0.466 bits per heavy atom. The smallest absolute Gasteiger partial charge is 0.354 e. The Bertz CT molecular complexity index is 4260. The van der Waals surface area contributed by atoms with E-state index in [-0.39, 0.29) is 71.3 Å². The van der Waals surface area contributed by atoms with Gasteiger partial charge in [0.25, 0.3) is 11.4 Å². The van der Waals surface area contributed by atoms with E-state index in [1.807, 2.05) is 36.4 Å². The highest BCUT2D eigenvalue weighted by atomic mass is 79.9. The van der Waals surface area contributed by atoms with Crippen LogP contribution >= 0.6 is 108 Å². The molecule has 2 amide bonds. The zero-order chi connectivity index (χ0) is 76.5. The zero-order valence-electron chi connectivity index (χ0n) is 56.8. The van der Waals surface area contributed by atoms with Crippen molar-refractivity contribution in [2.75, 3.05) is 77.3 Å².